The number of carbonyl (C=O) groups is 1. The standard InChI is InChI=1S/C11H14O5/c1-15-6-7-3-4-8(16-2)5-9(7)10(12)11(13)14/h3-5,10,12H,6H2,1-2H3,(H,13,14). The smallest absolute Gasteiger partial charge is 0.337 e. The monoisotopic (exact) mass is 226 g/mol. The second kappa shape index (κ2) is 5.48. The number of benzene rings is 1. The molecule has 0 fully saturated rings. The summed E-state index contributed by atoms with van der Waals surface area (Å²) in [4.78, 5) is 10.7. The summed E-state index contributed by atoms with van der Waals surface area (Å²) >= 11 is 0. The summed E-state index contributed by atoms with van der Waals surface area (Å²) in [5.74, 6) is -0.805. The van der Waals surface area contributed by atoms with Crippen LogP contribution in [0.2, 0.25) is 0 Å². The van der Waals surface area contributed by atoms with Gasteiger partial charge in [-0.1, -0.05) is 6.07 Å². The second-order valence-electron chi connectivity index (χ2n) is 3.24. The highest BCUT2D eigenvalue weighted by Gasteiger charge is 2.20. The van der Waals surface area contributed by atoms with Gasteiger partial charge in [-0.05, 0) is 17.7 Å². The predicted molar refractivity (Wildman–Crippen MR) is 56.3 cm³/mol. The molecule has 1 rings (SSSR count). The summed E-state index contributed by atoms with van der Waals surface area (Å²) in [5.41, 5.74) is 0.909. The predicted octanol–water partition coefficient (Wildman–Crippen LogP) is 0.960. The Morgan fingerprint density at radius 3 is 2.62 bits per heavy atom. The molecule has 0 saturated carbocycles. The molecule has 0 aliphatic rings. The van der Waals surface area contributed by atoms with Gasteiger partial charge in [0.1, 0.15) is 5.75 Å². The zero-order valence-electron chi connectivity index (χ0n) is 9.14. The van der Waals surface area contributed by atoms with E-state index in [4.69, 9.17) is 14.6 Å². The Kier molecular flexibility index (Phi) is 4.28. The summed E-state index contributed by atoms with van der Waals surface area (Å²) in [5, 5.41) is 18.3. The number of aliphatic hydroxyl groups excluding tert-OH is 1. The molecule has 0 spiro atoms. The Labute approximate surface area is 93.2 Å². The number of aliphatic hydroxyl groups is 1. The van der Waals surface area contributed by atoms with E-state index >= 15 is 0 Å². The molecule has 0 aliphatic heterocycles. The maximum Gasteiger partial charge on any atom is 0.337 e. The van der Waals surface area contributed by atoms with Crippen LogP contribution in [0.3, 0.4) is 0 Å². The zero-order chi connectivity index (χ0) is 12.1. The van der Waals surface area contributed by atoms with Crippen LogP contribution < -0.4 is 4.74 Å². The normalized spacial score (nSPS) is 12.2. The van der Waals surface area contributed by atoms with Gasteiger partial charge in [0, 0.05) is 12.7 Å². The Bertz CT molecular complexity index is 375. The highest BCUT2D eigenvalue weighted by molar-refractivity contribution is 5.74. The van der Waals surface area contributed by atoms with Gasteiger partial charge in [-0.2, -0.15) is 0 Å². The van der Waals surface area contributed by atoms with Crippen molar-refractivity contribution >= 4 is 5.97 Å². The molecule has 0 radical (unpaired) electrons. The Morgan fingerprint density at radius 1 is 1.44 bits per heavy atom. The molecular weight excluding hydrogens is 212 g/mol. The molecule has 0 bridgehead atoms. The maximum absolute atomic E-state index is 10.7. The fourth-order valence-electron chi connectivity index (χ4n) is 1.37. The molecule has 0 aliphatic carbocycles. The molecule has 88 valence electrons. The van der Waals surface area contributed by atoms with Crippen LogP contribution in [0, 0.1) is 0 Å². The molecule has 1 aromatic carbocycles. The van der Waals surface area contributed by atoms with Gasteiger partial charge < -0.3 is 19.7 Å². The first-order chi connectivity index (χ1) is 7.60. The topological polar surface area (TPSA) is 76.0 Å². The highest BCUT2D eigenvalue weighted by Crippen LogP contribution is 2.24. The van der Waals surface area contributed by atoms with E-state index in [1.165, 1.54) is 20.3 Å². The lowest BCUT2D eigenvalue weighted by Crippen LogP contribution is -2.13. The van der Waals surface area contributed by atoms with Gasteiger partial charge in [0.05, 0.1) is 13.7 Å². The molecule has 0 saturated heterocycles. The highest BCUT2D eigenvalue weighted by atomic mass is 16.5. The summed E-state index contributed by atoms with van der Waals surface area (Å²) in [6, 6.07) is 4.85. The molecule has 1 atom stereocenters. The van der Waals surface area contributed by atoms with Crippen molar-refractivity contribution < 1.29 is 24.5 Å². The minimum Gasteiger partial charge on any atom is -0.497 e. The van der Waals surface area contributed by atoms with E-state index < -0.39 is 12.1 Å². The molecule has 0 heterocycles. The lowest BCUT2D eigenvalue weighted by Gasteiger charge is -2.13. The lowest BCUT2D eigenvalue weighted by molar-refractivity contribution is -0.147. The van der Waals surface area contributed by atoms with Crippen LogP contribution in [-0.4, -0.2) is 30.4 Å². The first kappa shape index (κ1) is 12.5. The molecule has 0 aromatic heterocycles. The average molecular weight is 226 g/mol. The van der Waals surface area contributed by atoms with E-state index in [2.05, 4.69) is 0 Å². The first-order valence-corrected chi connectivity index (χ1v) is 4.66. The van der Waals surface area contributed by atoms with Crippen molar-refractivity contribution in [1.82, 2.24) is 0 Å². The SMILES string of the molecule is COCc1ccc(OC)cc1C(O)C(=O)O. The van der Waals surface area contributed by atoms with E-state index in [1.54, 1.807) is 12.1 Å². The second-order valence-corrected chi connectivity index (χ2v) is 3.24. The van der Waals surface area contributed by atoms with Crippen molar-refractivity contribution in [3.63, 3.8) is 0 Å². The van der Waals surface area contributed by atoms with Gasteiger partial charge in [0.15, 0.2) is 6.10 Å². The van der Waals surface area contributed by atoms with Crippen molar-refractivity contribution in [2.24, 2.45) is 0 Å². The van der Waals surface area contributed by atoms with Crippen LogP contribution in [-0.2, 0) is 16.1 Å². The minimum atomic E-state index is -1.57. The molecule has 2 N–H and O–H groups in total. The largest absolute Gasteiger partial charge is 0.497 e. The molecule has 1 aromatic rings. The number of carboxylic acids is 1. The van der Waals surface area contributed by atoms with Crippen molar-refractivity contribution in [1.29, 1.82) is 0 Å². The van der Waals surface area contributed by atoms with Gasteiger partial charge in [0.25, 0.3) is 0 Å². The van der Waals surface area contributed by atoms with Crippen molar-refractivity contribution in [3.05, 3.63) is 29.3 Å². The molecule has 5 heteroatoms. The Morgan fingerprint density at radius 2 is 2.12 bits per heavy atom. The quantitative estimate of drug-likeness (QED) is 0.782. The summed E-state index contributed by atoms with van der Waals surface area (Å²) in [7, 11) is 2.98. The third-order valence-corrected chi connectivity index (χ3v) is 2.18. The van der Waals surface area contributed by atoms with Gasteiger partial charge in [0.2, 0.25) is 0 Å². The number of methoxy groups -OCH3 is 2. The lowest BCUT2D eigenvalue weighted by atomic mass is 10.0. The maximum atomic E-state index is 10.7. The van der Waals surface area contributed by atoms with Crippen LogP contribution in [0.1, 0.15) is 17.2 Å². The zero-order valence-corrected chi connectivity index (χ0v) is 9.14. The number of ether oxygens (including phenoxy) is 2. The van der Waals surface area contributed by atoms with E-state index in [1.807, 2.05) is 0 Å². The van der Waals surface area contributed by atoms with Crippen LogP contribution in [0.25, 0.3) is 0 Å². The third-order valence-electron chi connectivity index (χ3n) is 2.18. The summed E-state index contributed by atoms with van der Waals surface area (Å²) in [6.07, 6.45) is -1.57. The van der Waals surface area contributed by atoms with Gasteiger partial charge in [-0.15, -0.1) is 0 Å². The van der Waals surface area contributed by atoms with Crippen molar-refractivity contribution in [2.45, 2.75) is 12.7 Å². The Hall–Kier alpha value is -1.59. The number of hydrogen-bond acceptors (Lipinski definition) is 4. The molecule has 0 amide bonds. The fourth-order valence-corrected chi connectivity index (χ4v) is 1.37. The van der Waals surface area contributed by atoms with E-state index in [9.17, 15) is 9.90 Å². The Balaban J connectivity index is 3.14. The average Bonchev–Trinajstić information content (AvgIpc) is 2.29. The molecular formula is C11H14O5. The van der Waals surface area contributed by atoms with Gasteiger partial charge in [-0.25, -0.2) is 4.79 Å². The van der Waals surface area contributed by atoms with Gasteiger partial charge in [-0.3, -0.25) is 0 Å². The molecule has 5 nitrogen and oxygen atoms in total. The van der Waals surface area contributed by atoms with E-state index in [0.29, 0.717) is 11.3 Å². The van der Waals surface area contributed by atoms with E-state index in [-0.39, 0.29) is 12.2 Å². The summed E-state index contributed by atoms with van der Waals surface area (Å²) in [6.45, 7) is 0.240. The number of rotatable bonds is 5. The van der Waals surface area contributed by atoms with Crippen LogP contribution in [0.4, 0.5) is 0 Å². The van der Waals surface area contributed by atoms with Crippen molar-refractivity contribution in [2.75, 3.05) is 14.2 Å². The fraction of sp³-hybridized carbons (Fsp3) is 0.364. The molecule has 1 unspecified atom stereocenters. The minimum absolute atomic E-state index is 0.240. The number of carboxylic acid groups (broad SMARTS) is 1. The third kappa shape index (κ3) is 2.71. The van der Waals surface area contributed by atoms with Crippen LogP contribution >= 0.6 is 0 Å². The number of aliphatic carboxylic acids is 1. The number of hydrogen-bond donors (Lipinski definition) is 2. The van der Waals surface area contributed by atoms with E-state index in [0.717, 1.165) is 0 Å². The van der Waals surface area contributed by atoms with Crippen molar-refractivity contribution in [3.8, 4) is 5.75 Å². The van der Waals surface area contributed by atoms with Crippen LogP contribution in [0.5, 0.6) is 5.75 Å². The van der Waals surface area contributed by atoms with Crippen LogP contribution in [0.15, 0.2) is 18.2 Å². The summed E-state index contributed by atoms with van der Waals surface area (Å²) < 4.78 is 9.90. The molecule has 16 heavy (non-hydrogen) atoms. The van der Waals surface area contributed by atoms with Gasteiger partial charge >= 0.3 is 5.97 Å². The first-order valence-electron chi connectivity index (χ1n) is 4.66.